The number of hydrogen-bond donors (Lipinski definition) is 3. The van der Waals surface area contributed by atoms with E-state index in [2.05, 4.69) is 9.71 Å². The summed E-state index contributed by atoms with van der Waals surface area (Å²) < 4.78 is 59.4. The number of carboxylic acids is 2. The van der Waals surface area contributed by atoms with Crippen LogP contribution in [-0.4, -0.2) is 60.6 Å². The number of carbonyl (C=O) groups excluding carboxylic acids is 1. The number of hydrogen-bond acceptors (Lipinski definition) is 7. The molecule has 0 bridgehead atoms. The Balaban J connectivity index is 0.000000604. The van der Waals surface area contributed by atoms with Crippen LogP contribution in [0.3, 0.4) is 0 Å². The fraction of sp³-hybridized carbons (Fsp3) is 0.391. The molecule has 2 heterocycles. The Hall–Kier alpha value is -3.68. The van der Waals surface area contributed by atoms with Gasteiger partial charge in [0.25, 0.3) is 10.0 Å². The maximum Gasteiger partial charge on any atom is 0.490 e. The van der Waals surface area contributed by atoms with Gasteiger partial charge in [-0.15, -0.1) is 0 Å². The summed E-state index contributed by atoms with van der Waals surface area (Å²) in [6.07, 6.45) is 1.55. The van der Waals surface area contributed by atoms with Gasteiger partial charge < -0.3 is 15.1 Å². The number of ketones is 1. The second kappa shape index (κ2) is 12.5. The fourth-order valence-corrected chi connectivity index (χ4v) is 4.50. The molecule has 202 valence electrons. The first-order valence-corrected chi connectivity index (χ1v) is 12.6. The molecular formula is C23H26F3N3O7S. The van der Waals surface area contributed by atoms with Crippen LogP contribution < -0.4 is 9.62 Å². The van der Waals surface area contributed by atoms with Crippen LogP contribution in [0.2, 0.25) is 0 Å². The number of aromatic nitrogens is 1. The highest BCUT2D eigenvalue weighted by atomic mass is 32.2. The normalized spacial score (nSPS) is 14.4. The van der Waals surface area contributed by atoms with E-state index in [1.54, 1.807) is 0 Å². The van der Waals surface area contributed by atoms with E-state index in [0.29, 0.717) is 11.4 Å². The molecule has 2 aromatic rings. The number of aromatic carboxylic acids is 1. The lowest BCUT2D eigenvalue weighted by atomic mass is 10.1. The minimum Gasteiger partial charge on any atom is -0.478 e. The van der Waals surface area contributed by atoms with Crippen molar-refractivity contribution < 1.29 is 46.2 Å². The summed E-state index contributed by atoms with van der Waals surface area (Å²) in [7, 11) is -3.95. The summed E-state index contributed by atoms with van der Waals surface area (Å²) in [6.45, 7) is 2.84. The predicted octanol–water partition coefficient (Wildman–Crippen LogP) is 4.19. The van der Waals surface area contributed by atoms with Gasteiger partial charge in [0.1, 0.15) is 11.4 Å². The summed E-state index contributed by atoms with van der Waals surface area (Å²) in [5.74, 6) is -3.72. The SMILES string of the molecule is CC(=O)c1ccc(S(=O)(=O)Nc2cnc(N3CCCCCCC3)c(C(=O)O)c2)cc1.O=C(O)C(F)(F)F. The molecule has 0 radical (unpaired) electrons. The van der Waals surface area contributed by atoms with Crippen molar-refractivity contribution in [2.75, 3.05) is 22.7 Å². The van der Waals surface area contributed by atoms with E-state index in [0.717, 1.165) is 38.8 Å². The molecule has 0 saturated carbocycles. The number of aliphatic carboxylic acids is 1. The van der Waals surface area contributed by atoms with Crippen molar-refractivity contribution >= 4 is 39.3 Å². The lowest BCUT2D eigenvalue weighted by molar-refractivity contribution is -0.192. The van der Waals surface area contributed by atoms with E-state index in [4.69, 9.17) is 9.90 Å². The van der Waals surface area contributed by atoms with E-state index in [-0.39, 0.29) is 21.9 Å². The molecule has 0 atom stereocenters. The number of benzene rings is 1. The number of nitrogens with one attached hydrogen (secondary N) is 1. The van der Waals surface area contributed by atoms with Crippen LogP contribution in [0.1, 0.15) is 59.7 Å². The topological polar surface area (TPSA) is 154 Å². The van der Waals surface area contributed by atoms with Crippen LogP contribution in [0, 0.1) is 0 Å². The quantitative estimate of drug-likeness (QED) is 0.453. The number of halogens is 3. The number of sulfonamides is 1. The molecular weight excluding hydrogens is 519 g/mol. The molecule has 10 nitrogen and oxygen atoms in total. The average Bonchev–Trinajstić information content (AvgIpc) is 2.79. The maximum atomic E-state index is 12.7. The average molecular weight is 546 g/mol. The van der Waals surface area contributed by atoms with E-state index in [1.807, 2.05) is 4.90 Å². The Bertz CT molecular complexity index is 1230. The van der Waals surface area contributed by atoms with Gasteiger partial charge in [-0.1, -0.05) is 31.4 Å². The first-order valence-electron chi connectivity index (χ1n) is 11.1. The molecule has 3 rings (SSSR count). The van der Waals surface area contributed by atoms with E-state index in [9.17, 15) is 36.3 Å². The van der Waals surface area contributed by atoms with E-state index >= 15 is 0 Å². The number of carboxylic acid groups (broad SMARTS) is 2. The lowest BCUT2D eigenvalue weighted by Crippen LogP contribution is -2.29. The van der Waals surface area contributed by atoms with Gasteiger partial charge in [0.2, 0.25) is 0 Å². The highest BCUT2D eigenvalue weighted by Crippen LogP contribution is 2.25. The monoisotopic (exact) mass is 545 g/mol. The molecule has 0 aliphatic carbocycles. The minimum atomic E-state index is -5.08. The van der Waals surface area contributed by atoms with Crippen molar-refractivity contribution in [2.45, 2.75) is 50.1 Å². The van der Waals surface area contributed by atoms with Gasteiger partial charge in [0, 0.05) is 18.7 Å². The summed E-state index contributed by atoms with van der Waals surface area (Å²) in [6, 6.07) is 6.83. The molecule has 14 heteroatoms. The zero-order chi connectivity index (χ0) is 27.8. The molecule has 1 aliphatic heterocycles. The van der Waals surface area contributed by atoms with Gasteiger partial charge in [-0.05, 0) is 38.0 Å². The maximum absolute atomic E-state index is 12.7. The van der Waals surface area contributed by atoms with Crippen LogP contribution in [0.5, 0.6) is 0 Å². The fourth-order valence-electron chi connectivity index (χ4n) is 3.46. The lowest BCUT2D eigenvalue weighted by Gasteiger charge is -2.27. The predicted molar refractivity (Wildman–Crippen MR) is 127 cm³/mol. The summed E-state index contributed by atoms with van der Waals surface area (Å²) in [5, 5.41) is 16.8. The highest BCUT2D eigenvalue weighted by molar-refractivity contribution is 7.92. The zero-order valence-corrected chi connectivity index (χ0v) is 20.6. The molecule has 1 aliphatic rings. The number of carbonyl (C=O) groups is 3. The van der Waals surface area contributed by atoms with Crippen LogP contribution in [0.25, 0.3) is 0 Å². The summed E-state index contributed by atoms with van der Waals surface area (Å²) >= 11 is 0. The minimum absolute atomic E-state index is 0.0304. The second-order valence-electron chi connectivity index (χ2n) is 8.14. The summed E-state index contributed by atoms with van der Waals surface area (Å²) in [4.78, 5) is 38.3. The van der Waals surface area contributed by atoms with Crippen LogP contribution in [-0.2, 0) is 14.8 Å². The largest absolute Gasteiger partial charge is 0.490 e. The second-order valence-corrected chi connectivity index (χ2v) is 9.83. The number of rotatable bonds is 6. The summed E-state index contributed by atoms with van der Waals surface area (Å²) in [5.41, 5.74) is 0.433. The number of alkyl halides is 3. The molecule has 1 saturated heterocycles. The van der Waals surface area contributed by atoms with Crippen molar-refractivity contribution in [3.05, 3.63) is 47.7 Å². The van der Waals surface area contributed by atoms with Gasteiger partial charge in [-0.25, -0.2) is 23.0 Å². The van der Waals surface area contributed by atoms with Crippen molar-refractivity contribution in [1.82, 2.24) is 4.98 Å². The zero-order valence-electron chi connectivity index (χ0n) is 19.8. The Morgan fingerprint density at radius 3 is 1.95 bits per heavy atom. The first-order chi connectivity index (χ1) is 17.2. The Labute approximate surface area is 211 Å². The molecule has 0 spiro atoms. The van der Waals surface area contributed by atoms with E-state index in [1.165, 1.54) is 49.9 Å². The molecule has 1 fully saturated rings. The van der Waals surface area contributed by atoms with Crippen molar-refractivity contribution in [3.63, 3.8) is 0 Å². The van der Waals surface area contributed by atoms with Crippen LogP contribution >= 0.6 is 0 Å². The Morgan fingerprint density at radius 1 is 0.973 bits per heavy atom. The third kappa shape index (κ3) is 8.74. The Morgan fingerprint density at radius 2 is 1.49 bits per heavy atom. The molecule has 37 heavy (non-hydrogen) atoms. The van der Waals surface area contributed by atoms with E-state index < -0.39 is 28.1 Å². The molecule has 3 N–H and O–H groups in total. The molecule has 1 aromatic carbocycles. The third-order valence-electron chi connectivity index (χ3n) is 5.32. The van der Waals surface area contributed by atoms with Crippen LogP contribution in [0.15, 0.2) is 41.4 Å². The molecule has 0 amide bonds. The molecule has 0 unspecified atom stereocenters. The smallest absolute Gasteiger partial charge is 0.478 e. The number of anilines is 2. The number of Topliss-reactive ketones (excluding diaryl/α,β-unsaturated/α-hetero) is 1. The highest BCUT2D eigenvalue weighted by Gasteiger charge is 2.38. The van der Waals surface area contributed by atoms with Gasteiger partial charge in [0.05, 0.1) is 16.8 Å². The number of pyridine rings is 1. The van der Waals surface area contributed by atoms with Crippen molar-refractivity contribution in [2.24, 2.45) is 0 Å². The van der Waals surface area contributed by atoms with Gasteiger partial charge in [-0.3, -0.25) is 9.52 Å². The van der Waals surface area contributed by atoms with Crippen molar-refractivity contribution in [3.8, 4) is 0 Å². The van der Waals surface area contributed by atoms with Crippen molar-refractivity contribution in [1.29, 1.82) is 0 Å². The standard InChI is InChI=1S/C21H25N3O5S.C2HF3O2/c1-15(25)16-7-9-18(10-8-16)30(28,29)23-17-13-19(21(26)27)20(22-14-17)24-11-5-3-2-4-6-12-24;3-2(4,5)1(6)7/h7-10,13-14,23H,2-6,11-12H2,1H3,(H,26,27);(H,6,7). The molecule has 1 aromatic heterocycles. The van der Waals surface area contributed by atoms with Gasteiger partial charge in [-0.2, -0.15) is 13.2 Å². The van der Waals surface area contributed by atoms with Crippen LogP contribution in [0.4, 0.5) is 24.7 Å². The van der Waals surface area contributed by atoms with Gasteiger partial charge >= 0.3 is 18.1 Å². The first kappa shape index (κ1) is 29.5. The Kier molecular flexibility index (Phi) is 10.00. The number of nitrogens with zero attached hydrogens (tertiary/aromatic N) is 2. The third-order valence-corrected chi connectivity index (χ3v) is 6.72. The van der Waals surface area contributed by atoms with Gasteiger partial charge in [0.15, 0.2) is 5.78 Å².